The fourth-order valence-corrected chi connectivity index (χ4v) is 3.19. The summed E-state index contributed by atoms with van der Waals surface area (Å²) in [7, 11) is 0. The molecule has 1 fully saturated rings. The number of piperazine rings is 1. The van der Waals surface area contributed by atoms with Gasteiger partial charge in [-0.1, -0.05) is 12.1 Å². The largest absolute Gasteiger partial charge is 0.459 e. The first kappa shape index (κ1) is 18.9. The third kappa shape index (κ3) is 4.18. The summed E-state index contributed by atoms with van der Waals surface area (Å²) >= 11 is 0. The Morgan fingerprint density at radius 3 is 2.48 bits per heavy atom. The van der Waals surface area contributed by atoms with Gasteiger partial charge in [-0.05, 0) is 24.3 Å². The summed E-state index contributed by atoms with van der Waals surface area (Å²) in [5.74, 6) is 0.000722. The normalized spacial score (nSPS) is 14.2. The molecule has 1 aliphatic heterocycles. The van der Waals surface area contributed by atoms with Crippen LogP contribution in [-0.4, -0.2) is 58.0 Å². The van der Waals surface area contributed by atoms with Crippen LogP contribution in [0.25, 0.3) is 11.5 Å². The van der Waals surface area contributed by atoms with E-state index < -0.39 is 5.82 Å². The van der Waals surface area contributed by atoms with Crippen molar-refractivity contribution in [2.75, 3.05) is 26.2 Å². The summed E-state index contributed by atoms with van der Waals surface area (Å²) in [6.07, 6.45) is 1.93. The molecule has 3 aromatic rings. The molecule has 2 amide bonds. The molecule has 0 spiro atoms. The number of carbonyl (C=O) groups excluding carboxylic acids is 2. The third-order valence-electron chi connectivity index (χ3n) is 4.78. The van der Waals surface area contributed by atoms with Gasteiger partial charge in [-0.25, -0.2) is 4.39 Å². The van der Waals surface area contributed by atoms with E-state index in [1.807, 2.05) is 0 Å². The molecule has 150 valence electrons. The van der Waals surface area contributed by atoms with Crippen LogP contribution in [0.2, 0.25) is 0 Å². The van der Waals surface area contributed by atoms with Crippen LogP contribution in [0.5, 0.6) is 0 Å². The summed E-state index contributed by atoms with van der Waals surface area (Å²) in [5, 5.41) is 7.75. The van der Waals surface area contributed by atoms with E-state index in [0.29, 0.717) is 31.9 Å². The number of benzene rings is 1. The molecule has 3 heterocycles. The van der Waals surface area contributed by atoms with Crippen molar-refractivity contribution in [1.82, 2.24) is 20.0 Å². The number of carbonyl (C=O) groups is 2. The van der Waals surface area contributed by atoms with Crippen molar-refractivity contribution in [3.05, 3.63) is 60.1 Å². The third-order valence-corrected chi connectivity index (χ3v) is 4.78. The van der Waals surface area contributed by atoms with Gasteiger partial charge in [0, 0.05) is 39.0 Å². The minimum atomic E-state index is -0.444. The van der Waals surface area contributed by atoms with Crippen molar-refractivity contribution in [2.45, 2.75) is 12.8 Å². The van der Waals surface area contributed by atoms with Crippen molar-refractivity contribution < 1.29 is 22.8 Å². The van der Waals surface area contributed by atoms with Crippen molar-refractivity contribution in [2.24, 2.45) is 0 Å². The van der Waals surface area contributed by atoms with E-state index in [4.69, 9.17) is 8.83 Å². The zero-order valence-electron chi connectivity index (χ0n) is 15.6. The Hall–Kier alpha value is -3.49. The van der Waals surface area contributed by atoms with Crippen LogP contribution in [-0.2, 0) is 11.2 Å². The Morgan fingerprint density at radius 1 is 1.00 bits per heavy atom. The first-order valence-electron chi connectivity index (χ1n) is 9.29. The lowest BCUT2D eigenvalue weighted by molar-refractivity contribution is -0.132. The van der Waals surface area contributed by atoms with Gasteiger partial charge in [-0.2, -0.15) is 0 Å². The van der Waals surface area contributed by atoms with Crippen molar-refractivity contribution in [1.29, 1.82) is 0 Å². The lowest BCUT2D eigenvalue weighted by Gasteiger charge is -2.34. The molecule has 1 aliphatic rings. The summed E-state index contributed by atoms with van der Waals surface area (Å²) in [4.78, 5) is 28.1. The van der Waals surface area contributed by atoms with Crippen LogP contribution in [0.3, 0.4) is 0 Å². The van der Waals surface area contributed by atoms with Gasteiger partial charge in [0.1, 0.15) is 5.82 Å². The Labute approximate surface area is 165 Å². The standard InChI is InChI=1S/C20H19FN4O4/c21-15-5-2-1-4-14(15)19-23-22-17(29-19)7-8-18(26)24-9-11-25(12-10-24)20(27)16-6-3-13-28-16/h1-6,13H,7-12H2. The second-order valence-electron chi connectivity index (χ2n) is 6.63. The van der Waals surface area contributed by atoms with E-state index in [2.05, 4.69) is 10.2 Å². The summed E-state index contributed by atoms with van der Waals surface area (Å²) in [6, 6.07) is 9.43. The van der Waals surface area contributed by atoms with Crippen LogP contribution in [0, 0.1) is 5.82 Å². The molecule has 0 aliphatic carbocycles. The van der Waals surface area contributed by atoms with Crippen molar-refractivity contribution in [3.63, 3.8) is 0 Å². The first-order chi connectivity index (χ1) is 14.1. The molecule has 9 heteroatoms. The highest BCUT2D eigenvalue weighted by Gasteiger charge is 2.26. The van der Waals surface area contributed by atoms with Gasteiger partial charge >= 0.3 is 0 Å². The molecule has 4 rings (SSSR count). The van der Waals surface area contributed by atoms with Gasteiger partial charge in [0.05, 0.1) is 11.8 Å². The van der Waals surface area contributed by atoms with E-state index in [1.165, 1.54) is 12.3 Å². The minimum absolute atomic E-state index is 0.0549. The minimum Gasteiger partial charge on any atom is -0.459 e. The van der Waals surface area contributed by atoms with Crippen LogP contribution in [0.15, 0.2) is 51.5 Å². The van der Waals surface area contributed by atoms with Crippen molar-refractivity contribution >= 4 is 11.8 Å². The number of furan rings is 1. The Balaban J connectivity index is 1.28. The summed E-state index contributed by atoms with van der Waals surface area (Å²) < 4.78 is 24.4. The number of hydrogen-bond acceptors (Lipinski definition) is 6. The van der Waals surface area contributed by atoms with E-state index in [9.17, 15) is 14.0 Å². The van der Waals surface area contributed by atoms with E-state index in [1.54, 1.807) is 40.1 Å². The molecule has 2 aromatic heterocycles. The van der Waals surface area contributed by atoms with Gasteiger partial charge in [0.2, 0.25) is 11.8 Å². The first-order valence-corrected chi connectivity index (χ1v) is 9.29. The van der Waals surface area contributed by atoms with E-state index in [0.717, 1.165) is 0 Å². The zero-order chi connectivity index (χ0) is 20.2. The topological polar surface area (TPSA) is 92.7 Å². The predicted molar refractivity (Wildman–Crippen MR) is 99.2 cm³/mol. The van der Waals surface area contributed by atoms with E-state index >= 15 is 0 Å². The Morgan fingerprint density at radius 2 is 1.76 bits per heavy atom. The number of aromatic nitrogens is 2. The van der Waals surface area contributed by atoms with E-state index in [-0.39, 0.29) is 42.0 Å². The quantitative estimate of drug-likeness (QED) is 0.655. The molecule has 0 bridgehead atoms. The zero-order valence-corrected chi connectivity index (χ0v) is 15.6. The van der Waals surface area contributed by atoms with Crippen LogP contribution in [0.4, 0.5) is 4.39 Å². The predicted octanol–water partition coefficient (Wildman–Crippen LogP) is 2.39. The highest BCUT2D eigenvalue weighted by atomic mass is 19.1. The average Bonchev–Trinajstić information content (AvgIpc) is 3.44. The fraction of sp³-hybridized carbons (Fsp3) is 0.300. The smallest absolute Gasteiger partial charge is 0.289 e. The number of hydrogen-bond donors (Lipinski definition) is 0. The molecular formula is C20H19FN4O4. The van der Waals surface area contributed by atoms with Crippen LogP contribution >= 0.6 is 0 Å². The highest BCUT2D eigenvalue weighted by molar-refractivity contribution is 5.91. The molecule has 8 nitrogen and oxygen atoms in total. The summed E-state index contributed by atoms with van der Waals surface area (Å²) in [5.41, 5.74) is 0.231. The van der Waals surface area contributed by atoms with Gasteiger partial charge in [-0.3, -0.25) is 9.59 Å². The SMILES string of the molecule is O=C(CCc1nnc(-c2ccccc2F)o1)N1CCN(C(=O)c2ccco2)CC1. The molecule has 1 aromatic carbocycles. The maximum atomic E-state index is 13.8. The number of rotatable bonds is 5. The average molecular weight is 398 g/mol. The van der Waals surface area contributed by atoms with Crippen molar-refractivity contribution in [3.8, 4) is 11.5 Å². The maximum absolute atomic E-state index is 13.8. The molecule has 0 unspecified atom stereocenters. The van der Waals surface area contributed by atoms with Gasteiger partial charge in [0.15, 0.2) is 5.76 Å². The van der Waals surface area contributed by atoms with Crippen LogP contribution in [0.1, 0.15) is 22.9 Å². The van der Waals surface area contributed by atoms with Gasteiger partial charge in [0.25, 0.3) is 11.8 Å². The number of aryl methyl sites for hydroxylation is 1. The number of halogens is 1. The monoisotopic (exact) mass is 398 g/mol. The molecule has 0 N–H and O–H groups in total. The molecule has 0 atom stereocenters. The number of amides is 2. The molecule has 1 saturated heterocycles. The molecule has 0 saturated carbocycles. The second-order valence-corrected chi connectivity index (χ2v) is 6.63. The van der Waals surface area contributed by atoms with Crippen LogP contribution < -0.4 is 0 Å². The maximum Gasteiger partial charge on any atom is 0.289 e. The molecule has 29 heavy (non-hydrogen) atoms. The lowest BCUT2D eigenvalue weighted by Crippen LogP contribution is -2.50. The second kappa shape index (κ2) is 8.26. The van der Waals surface area contributed by atoms with Gasteiger partial charge in [-0.15, -0.1) is 10.2 Å². The summed E-state index contributed by atoms with van der Waals surface area (Å²) in [6.45, 7) is 1.80. The Bertz CT molecular complexity index is 994. The fourth-order valence-electron chi connectivity index (χ4n) is 3.19. The van der Waals surface area contributed by atoms with Gasteiger partial charge < -0.3 is 18.6 Å². The number of nitrogens with zero attached hydrogens (tertiary/aromatic N) is 4. The molecule has 0 radical (unpaired) electrons. The highest BCUT2D eigenvalue weighted by Crippen LogP contribution is 2.21. The Kier molecular flexibility index (Phi) is 5.37. The lowest BCUT2D eigenvalue weighted by atomic mass is 10.2. The molecular weight excluding hydrogens is 379 g/mol.